The molecular formula is C11H12O2. The van der Waals surface area contributed by atoms with Crippen molar-refractivity contribution in [3.63, 3.8) is 0 Å². The van der Waals surface area contributed by atoms with Crippen molar-refractivity contribution in [3.8, 4) is 0 Å². The van der Waals surface area contributed by atoms with E-state index in [2.05, 4.69) is 4.74 Å². The first-order chi connectivity index (χ1) is 6.27. The van der Waals surface area contributed by atoms with E-state index in [1.54, 1.807) is 12.1 Å². The minimum absolute atomic E-state index is 0.300. The Hall–Kier alpha value is -1.57. The van der Waals surface area contributed by atoms with Crippen LogP contribution in [0.2, 0.25) is 0 Å². The summed E-state index contributed by atoms with van der Waals surface area (Å²) < 4.78 is 4.61. The summed E-state index contributed by atoms with van der Waals surface area (Å²) in [6, 6.07) is 7.30. The van der Waals surface area contributed by atoms with E-state index in [1.807, 2.05) is 31.2 Å². The van der Waals surface area contributed by atoms with Gasteiger partial charge in [0.15, 0.2) is 0 Å². The highest BCUT2D eigenvalue weighted by atomic mass is 16.5. The molecule has 1 rings (SSSR count). The topological polar surface area (TPSA) is 26.3 Å². The van der Waals surface area contributed by atoms with E-state index in [-0.39, 0.29) is 5.97 Å². The molecule has 68 valence electrons. The second-order valence-corrected chi connectivity index (χ2v) is 2.62. The zero-order chi connectivity index (χ0) is 9.68. The van der Waals surface area contributed by atoms with Crippen molar-refractivity contribution in [3.05, 3.63) is 41.5 Å². The van der Waals surface area contributed by atoms with Crippen LogP contribution in [0.15, 0.2) is 30.3 Å². The number of carbonyl (C=O) groups excluding carboxylic acids is 1. The zero-order valence-electron chi connectivity index (χ0n) is 7.78. The molecule has 0 unspecified atom stereocenters. The number of esters is 1. The Kier molecular flexibility index (Phi) is 3.26. The van der Waals surface area contributed by atoms with Crippen LogP contribution in [-0.4, -0.2) is 13.1 Å². The molecular weight excluding hydrogens is 164 g/mol. The molecule has 1 aromatic rings. The van der Waals surface area contributed by atoms with E-state index in [9.17, 15) is 4.79 Å². The van der Waals surface area contributed by atoms with Crippen LogP contribution < -0.4 is 0 Å². The molecule has 0 N–H and O–H groups in total. The summed E-state index contributed by atoms with van der Waals surface area (Å²) in [6.07, 6.45) is 3.86. The van der Waals surface area contributed by atoms with Gasteiger partial charge in [-0.25, -0.2) is 4.79 Å². The Labute approximate surface area is 77.8 Å². The second kappa shape index (κ2) is 4.45. The van der Waals surface area contributed by atoms with E-state index >= 15 is 0 Å². The number of benzene rings is 1. The van der Waals surface area contributed by atoms with Crippen molar-refractivity contribution < 1.29 is 9.53 Å². The maximum absolute atomic E-state index is 11.1. The average molecular weight is 176 g/mol. The SMILES string of the molecule is C/C=C/c1cccc(C(=O)OC)c1. The molecule has 0 heterocycles. The summed E-state index contributed by atoms with van der Waals surface area (Å²) in [5, 5.41) is 0. The van der Waals surface area contributed by atoms with Crippen LogP contribution in [0.4, 0.5) is 0 Å². The fourth-order valence-corrected chi connectivity index (χ4v) is 1.08. The Bertz CT molecular complexity index is 327. The van der Waals surface area contributed by atoms with Crippen molar-refractivity contribution in [1.82, 2.24) is 0 Å². The summed E-state index contributed by atoms with van der Waals surface area (Å²) in [7, 11) is 1.38. The molecule has 0 amide bonds. The van der Waals surface area contributed by atoms with E-state index in [0.29, 0.717) is 5.56 Å². The number of allylic oxidation sites excluding steroid dienone is 1. The molecule has 0 saturated heterocycles. The predicted molar refractivity (Wildman–Crippen MR) is 52.5 cm³/mol. The molecule has 1 aromatic carbocycles. The quantitative estimate of drug-likeness (QED) is 0.647. The molecule has 2 nitrogen and oxygen atoms in total. The lowest BCUT2D eigenvalue weighted by atomic mass is 10.1. The van der Waals surface area contributed by atoms with Crippen LogP contribution in [-0.2, 0) is 4.74 Å². The first-order valence-electron chi connectivity index (χ1n) is 4.09. The van der Waals surface area contributed by atoms with E-state index in [1.165, 1.54) is 7.11 Å². The zero-order valence-corrected chi connectivity index (χ0v) is 7.78. The molecule has 0 atom stereocenters. The number of methoxy groups -OCH3 is 1. The standard InChI is InChI=1S/C11H12O2/c1-3-5-9-6-4-7-10(8-9)11(12)13-2/h3-8H,1-2H3/b5-3+. The molecule has 0 bridgehead atoms. The Morgan fingerprint density at radius 3 is 2.85 bits per heavy atom. The molecule has 0 spiro atoms. The van der Waals surface area contributed by atoms with E-state index in [4.69, 9.17) is 0 Å². The van der Waals surface area contributed by atoms with Crippen LogP contribution in [0.3, 0.4) is 0 Å². The van der Waals surface area contributed by atoms with Crippen LogP contribution >= 0.6 is 0 Å². The van der Waals surface area contributed by atoms with E-state index in [0.717, 1.165) is 5.56 Å². The Morgan fingerprint density at radius 2 is 2.23 bits per heavy atom. The van der Waals surface area contributed by atoms with Crippen LogP contribution in [0.25, 0.3) is 6.08 Å². The van der Waals surface area contributed by atoms with Crippen molar-refractivity contribution >= 4 is 12.0 Å². The normalized spacial score (nSPS) is 10.3. The lowest BCUT2D eigenvalue weighted by molar-refractivity contribution is 0.0600. The monoisotopic (exact) mass is 176 g/mol. The van der Waals surface area contributed by atoms with Gasteiger partial charge in [-0.2, -0.15) is 0 Å². The predicted octanol–water partition coefficient (Wildman–Crippen LogP) is 2.51. The molecule has 0 aliphatic rings. The van der Waals surface area contributed by atoms with Gasteiger partial charge in [0.05, 0.1) is 12.7 Å². The third-order valence-electron chi connectivity index (χ3n) is 1.67. The fourth-order valence-electron chi connectivity index (χ4n) is 1.08. The highest BCUT2D eigenvalue weighted by Gasteiger charge is 2.03. The van der Waals surface area contributed by atoms with Crippen molar-refractivity contribution in [2.24, 2.45) is 0 Å². The summed E-state index contributed by atoms with van der Waals surface area (Å²) in [4.78, 5) is 11.1. The van der Waals surface area contributed by atoms with Gasteiger partial charge < -0.3 is 4.74 Å². The number of ether oxygens (including phenoxy) is 1. The summed E-state index contributed by atoms with van der Waals surface area (Å²) in [5.74, 6) is -0.300. The van der Waals surface area contributed by atoms with Crippen molar-refractivity contribution in [2.75, 3.05) is 7.11 Å². The van der Waals surface area contributed by atoms with Gasteiger partial charge in [-0.05, 0) is 24.6 Å². The van der Waals surface area contributed by atoms with Gasteiger partial charge in [0.25, 0.3) is 0 Å². The highest BCUT2D eigenvalue weighted by molar-refractivity contribution is 5.89. The molecule has 13 heavy (non-hydrogen) atoms. The van der Waals surface area contributed by atoms with Gasteiger partial charge in [-0.1, -0.05) is 24.3 Å². The average Bonchev–Trinajstić information content (AvgIpc) is 2.18. The van der Waals surface area contributed by atoms with Gasteiger partial charge in [0.2, 0.25) is 0 Å². The van der Waals surface area contributed by atoms with Crippen molar-refractivity contribution in [1.29, 1.82) is 0 Å². The molecule has 0 radical (unpaired) electrons. The van der Waals surface area contributed by atoms with Crippen molar-refractivity contribution in [2.45, 2.75) is 6.92 Å². The Balaban J connectivity index is 2.98. The second-order valence-electron chi connectivity index (χ2n) is 2.62. The fraction of sp³-hybridized carbons (Fsp3) is 0.182. The largest absolute Gasteiger partial charge is 0.465 e. The minimum Gasteiger partial charge on any atom is -0.465 e. The lowest BCUT2D eigenvalue weighted by Gasteiger charge is -1.99. The molecule has 0 aromatic heterocycles. The summed E-state index contributed by atoms with van der Waals surface area (Å²) in [6.45, 7) is 1.94. The van der Waals surface area contributed by atoms with E-state index < -0.39 is 0 Å². The molecule has 0 aliphatic carbocycles. The maximum Gasteiger partial charge on any atom is 0.337 e. The molecule has 0 fully saturated rings. The summed E-state index contributed by atoms with van der Waals surface area (Å²) in [5.41, 5.74) is 1.59. The number of hydrogen-bond donors (Lipinski definition) is 0. The number of rotatable bonds is 2. The lowest BCUT2D eigenvalue weighted by Crippen LogP contribution is -2.00. The first kappa shape index (κ1) is 9.52. The van der Waals surface area contributed by atoms with Crippen LogP contribution in [0, 0.1) is 0 Å². The van der Waals surface area contributed by atoms with Gasteiger partial charge in [0.1, 0.15) is 0 Å². The third-order valence-corrected chi connectivity index (χ3v) is 1.67. The molecule has 2 heteroatoms. The van der Waals surface area contributed by atoms with Gasteiger partial charge in [-0.15, -0.1) is 0 Å². The highest BCUT2D eigenvalue weighted by Crippen LogP contribution is 2.07. The summed E-state index contributed by atoms with van der Waals surface area (Å²) >= 11 is 0. The first-order valence-corrected chi connectivity index (χ1v) is 4.09. The van der Waals surface area contributed by atoms with Gasteiger partial charge in [0, 0.05) is 0 Å². The van der Waals surface area contributed by atoms with Gasteiger partial charge in [-0.3, -0.25) is 0 Å². The maximum atomic E-state index is 11.1. The van der Waals surface area contributed by atoms with Crippen LogP contribution in [0.1, 0.15) is 22.8 Å². The molecule has 0 saturated carbocycles. The smallest absolute Gasteiger partial charge is 0.337 e. The van der Waals surface area contributed by atoms with Gasteiger partial charge >= 0.3 is 5.97 Å². The third kappa shape index (κ3) is 2.44. The Morgan fingerprint density at radius 1 is 1.46 bits per heavy atom. The molecule has 0 aliphatic heterocycles. The number of carbonyl (C=O) groups is 1. The van der Waals surface area contributed by atoms with Crippen LogP contribution in [0.5, 0.6) is 0 Å². The number of hydrogen-bond acceptors (Lipinski definition) is 2. The minimum atomic E-state index is -0.300.